The number of nitrogens with two attached hydrogens (primary N) is 1. The molecule has 1 aromatic rings. The zero-order chi connectivity index (χ0) is 10.7. The molecule has 76 valence electrons. The van der Waals surface area contributed by atoms with Gasteiger partial charge in [0.15, 0.2) is 11.6 Å². The Morgan fingerprint density at radius 3 is 2.79 bits per heavy atom. The first-order chi connectivity index (χ1) is 6.50. The Balaban J connectivity index is 2.78. The van der Waals surface area contributed by atoms with Crippen LogP contribution in [0.3, 0.4) is 0 Å². The molecule has 0 aliphatic heterocycles. The smallest absolute Gasteiger partial charge is 0.165 e. The highest BCUT2D eigenvalue weighted by Crippen LogP contribution is 2.16. The molecule has 3 nitrogen and oxygen atoms in total. The third-order valence-electron chi connectivity index (χ3n) is 1.99. The molecule has 0 saturated heterocycles. The maximum atomic E-state index is 12.9. The average molecular weight is 197 g/mol. The molecule has 0 unspecified atom stereocenters. The number of phenolic OH excluding ortho intramolecular Hbond substituents is 1. The number of carbonyl (C=O) groups excluding carboxylic acids is 1. The van der Waals surface area contributed by atoms with Gasteiger partial charge >= 0.3 is 0 Å². The van der Waals surface area contributed by atoms with Crippen molar-refractivity contribution in [2.24, 2.45) is 5.73 Å². The first-order valence-corrected chi connectivity index (χ1v) is 4.24. The van der Waals surface area contributed by atoms with E-state index in [2.05, 4.69) is 0 Å². The Hall–Kier alpha value is -1.42. The molecule has 14 heavy (non-hydrogen) atoms. The SMILES string of the molecule is CC(=O)[C@@H](N)Cc1ccc(O)c(F)c1. The molecule has 3 N–H and O–H groups in total. The Labute approximate surface area is 81.4 Å². The first-order valence-electron chi connectivity index (χ1n) is 4.24. The van der Waals surface area contributed by atoms with Crippen LogP contribution in [0.5, 0.6) is 5.75 Å². The van der Waals surface area contributed by atoms with Crippen molar-refractivity contribution in [2.45, 2.75) is 19.4 Å². The van der Waals surface area contributed by atoms with Crippen molar-refractivity contribution in [2.75, 3.05) is 0 Å². The van der Waals surface area contributed by atoms with Crippen LogP contribution in [-0.4, -0.2) is 16.9 Å². The molecule has 0 heterocycles. The molecular weight excluding hydrogens is 185 g/mol. The van der Waals surface area contributed by atoms with E-state index in [0.717, 1.165) is 0 Å². The topological polar surface area (TPSA) is 63.3 Å². The van der Waals surface area contributed by atoms with Gasteiger partial charge in [-0.3, -0.25) is 4.79 Å². The van der Waals surface area contributed by atoms with Crippen LogP contribution in [0.1, 0.15) is 12.5 Å². The molecule has 0 radical (unpaired) electrons. The van der Waals surface area contributed by atoms with Crippen molar-refractivity contribution in [3.63, 3.8) is 0 Å². The van der Waals surface area contributed by atoms with Crippen molar-refractivity contribution >= 4 is 5.78 Å². The Bertz CT molecular complexity index is 352. The molecular formula is C10H12FNO2. The molecule has 1 aromatic carbocycles. The lowest BCUT2D eigenvalue weighted by Crippen LogP contribution is -2.30. The van der Waals surface area contributed by atoms with E-state index < -0.39 is 17.6 Å². The fraction of sp³-hybridized carbons (Fsp3) is 0.300. The van der Waals surface area contributed by atoms with Crippen molar-refractivity contribution in [1.82, 2.24) is 0 Å². The van der Waals surface area contributed by atoms with E-state index in [-0.39, 0.29) is 12.2 Å². The summed E-state index contributed by atoms with van der Waals surface area (Å²) in [6.07, 6.45) is 0.284. The summed E-state index contributed by atoms with van der Waals surface area (Å²) in [7, 11) is 0. The number of aromatic hydroxyl groups is 1. The maximum absolute atomic E-state index is 12.9. The van der Waals surface area contributed by atoms with Crippen LogP contribution in [-0.2, 0) is 11.2 Å². The van der Waals surface area contributed by atoms with Crippen LogP contribution < -0.4 is 5.73 Å². The lowest BCUT2D eigenvalue weighted by molar-refractivity contribution is -0.118. The van der Waals surface area contributed by atoms with Gasteiger partial charge in [-0.1, -0.05) is 6.07 Å². The highest BCUT2D eigenvalue weighted by Gasteiger charge is 2.10. The van der Waals surface area contributed by atoms with Crippen LogP contribution in [0.4, 0.5) is 4.39 Å². The number of hydrogen-bond acceptors (Lipinski definition) is 3. The van der Waals surface area contributed by atoms with Gasteiger partial charge in [0, 0.05) is 0 Å². The number of hydrogen-bond donors (Lipinski definition) is 2. The summed E-state index contributed by atoms with van der Waals surface area (Å²) in [4.78, 5) is 10.8. The minimum absolute atomic E-state index is 0.140. The summed E-state index contributed by atoms with van der Waals surface area (Å²) in [6.45, 7) is 1.39. The Morgan fingerprint density at radius 1 is 1.64 bits per heavy atom. The average Bonchev–Trinajstić information content (AvgIpc) is 2.11. The van der Waals surface area contributed by atoms with Crippen molar-refractivity contribution < 1.29 is 14.3 Å². The van der Waals surface area contributed by atoms with Gasteiger partial charge in [-0.2, -0.15) is 0 Å². The van der Waals surface area contributed by atoms with Crippen LogP contribution >= 0.6 is 0 Å². The third kappa shape index (κ3) is 2.53. The summed E-state index contributed by atoms with van der Waals surface area (Å²) in [5.74, 6) is -1.23. The zero-order valence-corrected chi connectivity index (χ0v) is 7.83. The van der Waals surface area contributed by atoms with Crippen LogP contribution in [0.2, 0.25) is 0 Å². The van der Waals surface area contributed by atoms with Crippen molar-refractivity contribution in [3.8, 4) is 5.75 Å². The molecule has 0 bridgehead atoms. The second-order valence-electron chi connectivity index (χ2n) is 3.21. The van der Waals surface area contributed by atoms with E-state index in [1.807, 2.05) is 0 Å². The van der Waals surface area contributed by atoms with Gasteiger partial charge in [0.25, 0.3) is 0 Å². The molecule has 0 amide bonds. The normalized spacial score (nSPS) is 12.5. The summed E-state index contributed by atoms with van der Waals surface area (Å²) in [6, 6.07) is 3.36. The fourth-order valence-corrected chi connectivity index (χ4v) is 1.08. The molecule has 1 atom stereocenters. The minimum Gasteiger partial charge on any atom is -0.505 e. The number of ketones is 1. The summed E-state index contributed by atoms with van der Waals surface area (Å²) < 4.78 is 12.9. The van der Waals surface area contributed by atoms with Gasteiger partial charge in [-0.25, -0.2) is 4.39 Å². The molecule has 0 aliphatic rings. The predicted molar refractivity (Wildman–Crippen MR) is 50.4 cm³/mol. The molecule has 0 aliphatic carbocycles. The number of carbonyl (C=O) groups is 1. The lowest BCUT2D eigenvalue weighted by atomic mass is 10.0. The van der Waals surface area contributed by atoms with Gasteiger partial charge in [-0.05, 0) is 31.0 Å². The third-order valence-corrected chi connectivity index (χ3v) is 1.99. The molecule has 0 aromatic heterocycles. The highest BCUT2D eigenvalue weighted by atomic mass is 19.1. The van der Waals surface area contributed by atoms with Gasteiger partial charge in [0.05, 0.1) is 6.04 Å². The minimum atomic E-state index is -0.696. The number of halogens is 1. The second kappa shape index (κ2) is 4.19. The number of phenols is 1. The van der Waals surface area contributed by atoms with E-state index in [0.29, 0.717) is 5.56 Å². The molecule has 0 spiro atoms. The van der Waals surface area contributed by atoms with E-state index in [4.69, 9.17) is 10.8 Å². The molecule has 1 rings (SSSR count). The van der Waals surface area contributed by atoms with E-state index >= 15 is 0 Å². The van der Waals surface area contributed by atoms with Gasteiger partial charge < -0.3 is 10.8 Å². The van der Waals surface area contributed by atoms with Crippen molar-refractivity contribution in [1.29, 1.82) is 0 Å². The monoisotopic (exact) mass is 197 g/mol. The van der Waals surface area contributed by atoms with E-state index in [1.165, 1.54) is 19.1 Å². The lowest BCUT2D eigenvalue weighted by Gasteiger charge is -2.07. The number of rotatable bonds is 3. The quantitative estimate of drug-likeness (QED) is 0.759. The second-order valence-corrected chi connectivity index (χ2v) is 3.21. The molecule has 0 saturated carbocycles. The number of Topliss-reactive ketones (excluding diaryl/α,β-unsaturated/α-hetero) is 1. The van der Waals surface area contributed by atoms with Crippen LogP contribution in [0, 0.1) is 5.82 Å². The highest BCUT2D eigenvalue weighted by molar-refractivity contribution is 5.81. The Kier molecular flexibility index (Phi) is 3.19. The standard InChI is InChI=1S/C10H12FNO2/c1-6(13)9(12)5-7-2-3-10(14)8(11)4-7/h2-4,9,14H,5,12H2,1H3/t9-/m0/s1. The maximum Gasteiger partial charge on any atom is 0.165 e. The Morgan fingerprint density at radius 2 is 2.29 bits per heavy atom. The van der Waals surface area contributed by atoms with Crippen LogP contribution in [0.15, 0.2) is 18.2 Å². The molecule has 4 heteroatoms. The van der Waals surface area contributed by atoms with E-state index in [9.17, 15) is 9.18 Å². The molecule has 0 fully saturated rings. The largest absolute Gasteiger partial charge is 0.505 e. The van der Waals surface area contributed by atoms with Gasteiger partial charge in [-0.15, -0.1) is 0 Å². The van der Waals surface area contributed by atoms with Crippen molar-refractivity contribution in [3.05, 3.63) is 29.6 Å². The summed E-state index contributed by atoms with van der Waals surface area (Å²) >= 11 is 0. The summed E-state index contributed by atoms with van der Waals surface area (Å²) in [5.41, 5.74) is 6.10. The van der Waals surface area contributed by atoms with Gasteiger partial charge in [0.2, 0.25) is 0 Å². The number of benzene rings is 1. The van der Waals surface area contributed by atoms with Gasteiger partial charge in [0.1, 0.15) is 5.78 Å². The van der Waals surface area contributed by atoms with Crippen LogP contribution in [0.25, 0.3) is 0 Å². The fourth-order valence-electron chi connectivity index (χ4n) is 1.08. The zero-order valence-electron chi connectivity index (χ0n) is 7.83. The predicted octanol–water partition coefficient (Wildman–Crippen LogP) is 0.990. The van der Waals surface area contributed by atoms with E-state index in [1.54, 1.807) is 6.07 Å². The first kappa shape index (κ1) is 10.7. The summed E-state index contributed by atoms with van der Waals surface area (Å²) in [5, 5.41) is 8.91.